The van der Waals surface area contributed by atoms with Crippen molar-refractivity contribution in [2.24, 2.45) is 0 Å². The topological polar surface area (TPSA) is 23.5 Å². The average Bonchev–Trinajstić information content (AvgIpc) is 2.46. The quantitative estimate of drug-likeness (QED) is 0.891. The number of halogens is 1. The maximum Gasteiger partial charge on any atom is 0.146 e. The molecule has 0 spiro atoms. The number of hydrogen-bond acceptors (Lipinski definition) is 2. The van der Waals surface area contributed by atoms with Gasteiger partial charge in [-0.2, -0.15) is 0 Å². The monoisotopic (exact) mass is 271 g/mol. The molecular formula is C17H18FNO. The standard InChI is InChI=1S/C17H18FNO/c1-19(17-7-3-2-6-15(17)18)16-8-4-5-12-9-10-13(20)11-14(12)16/h2-3,6-7,9-11,16,20H,4-5,8H2,1H3. The molecule has 104 valence electrons. The van der Waals surface area contributed by atoms with E-state index in [1.165, 1.54) is 11.6 Å². The Bertz CT molecular complexity index is 626. The van der Waals surface area contributed by atoms with Crippen LogP contribution in [0.3, 0.4) is 0 Å². The summed E-state index contributed by atoms with van der Waals surface area (Å²) in [4.78, 5) is 1.98. The van der Waals surface area contributed by atoms with Crippen molar-refractivity contribution in [3.8, 4) is 5.75 Å². The van der Waals surface area contributed by atoms with Gasteiger partial charge in [-0.05, 0) is 54.7 Å². The molecule has 0 heterocycles. The molecule has 1 unspecified atom stereocenters. The third-order valence-electron chi connectivity index (χ3n) is 4.11. The van der Waals surface area contributed by atoms with Crippen LogP contribution >= 0.6 is 0 Å². The molecular weight excluding hydrogens is 253 g/mol. The molecule has 2 nitrogen and oxygen atoms in total. The molecule has 0 aliphatic heterocycles. The largest absolute Gasteiger partial charge is 0.508 e. The van der Waals surface area contributed by atoms with Crippen molar-refractivity contribution in [1.29, 1.82) is 0 Å². The second-order valence-electron chi connectivity index (χ2n) is 5.35. The molecule has 1 aliphatic carbocycles. The van der Waals surface area contributed by atoms with E-state index in [1.54, 1.807) is 18.2 Å². The van der Waals surface area contributed by atoms with E-state index in [9.17, 15) is 9.50 Å². The van der Waals surface area contributed by atoms with Gasteiger partial charge in [0.2, 0.25) is 0 Å². The Hall–Kier alpha value is -2.03. The number of phenols is 1. The number of anilines is 1. The summed E-state index contributed by atoms with van der Waals surface area (Å²) in [5.74, 6) is 0.0693. The highest BCUT2D eigenvalue weighted by atomic mass is 19.1. The Morgan fingerprint density at radius 3 is 2.80 bits per heavy atom. The third kappa shape index (κ3) is 2.24. The van der Waals surface area contributed by atoms with E-state index in [0.29, 0.717) is 5.69 Å². The van der Waals surface area contributed by atoms with Crippen LogP contribution in [0.1, 0.15) is 30.0 Å². The van der Waals surface area contributed by atoms with E-state index in [4.69, 9.17) is 0 Å². The van der Waals surface area contributed by atoms with E-state index in [0.717, 1.165) is 24.8 Å². The van der Waals surface area contributed by atoms with Crippen LogP contribution in [0.15, 0.2) is 42.5 Å². The maximum absolute atomic E-state index is 14.0. The minimum Gasteiger partial charge on any atom is -0.508 e. The Balaban J connectivity index is 2.00. The van der Waals surface area contributed by atoms with Crippen molar-refractivity contribution in [3.63, 3.8) is 0 Å². The van der Waals surface area contributed by atoms with Crippen molar-refractivity contribution >= 4 is 5.69 Å². The number of para-hydroxylation sites is 1. The van der Waals surface area contributed by atoms with E-state index in [2.05, 4.69) is 0 Å². The van der Waals surface area contributed by atoms with Crippen LogP contribution in [0.2, 0.25) is 0 Å². The van der Waals surface area contributed by atoms with Crippen LogP contribution in [0.4, 0.5) is 10.1 Å². The van der Waals surface area contributed by atoms with Crippen LogP contribution in [-0.2, 0) is 6.42 Å². The lowest BCUT2D eigenvalue weighted by atomic mass is 9.86. The lowest BCUT2D eigenvalue weighted by Crippen LogP contribution is -2.28. The predicted octanol–water partition coefficient (Wildman–Crippen LogP) is 4.05. The van der Waals surface area contributed by atoms with Gasteiger partial charge in [0.15, 0.2) is 0 Å². The number of benzene rings is 2. The lowest BCUT2D eigenvalue weighted by Gasteiger charge is -2.35. The summed E-state index contributed by atoms with van der Waals surface area (Å²) in [5, 5.41) is 9.72. The van der Waals surface area contributed by atoms with E-state index in [1.807, 2.05) is 30.1 Å². The number of hydrogen-bond donors (Lipinski definition) is 1. The van der Waals surface area contributed by atoms with Crippen molar-refractivity contribution in [2.75, 3.05) is 11.9 Å². The van der Waals surface area contributed by atoms with Gasteiger partial charge in [0, 0.05) is 7.05 Å². The first-order chi connectivity index (χ1) is 9.66. The summed E-state index contributed by atoms with van der Waals surface area (Å²) in [6, 6.07) is 12.5. The molecule has 2 aromatic carbocycles. The molecule has 1 aliphatic rings. The summed E-state index contributed by atoms with van der Waals surface area (Å²) in [5.41, 5.74) is 2.97. The zero-order valence-electron chi connectivity index (χ0n) is 11.5. The predicted molar refractivity (Wildman–Crippen MR) is 78.6 cm³/mol. The number of aryl methyl sites for hydroxylation is 1. The molecule has 0 saturated carbocycles. The Morgan fingerprint density at radius 1 is 1.20 bits per heavy atom. The molecule has 0 amide bonds. The third-order valence-corrected chi connectivity index (χ3v) is 4.11. The molecule has 0 fully saturated rings. The summed E-state index contributed by atoms with van der Waals surface area (Å²) < 4.78 is 14.0. The number of nitrogens with zero attached hydrogens (tertiary/aromatic N) is 1. The molecule has 2 aromatic rings. The summed E-state index contributed by atoms with van der Waals surface area (Å²) in [7, 11) is 1.92. The van der Waals surface area contributed by atoms with Gasteiger partial charge in [-0.1, -0.05) is 18.2 Å². The fourth-order valence-electron chi connectivity index (χ4n) is 3.07. The zero-order valence-corrected chi connectivity index (χ0v) is 11.5. The highest BCUT2D eigenvalue weighted by Crippen LogP contribution is 2.38. The summed E-state index contributed by atoms with van der Waals surface area (Å²) in [6.07, 6.45) is 3.08. The molecule has 0 bridgehead atoms. The first-order valence-electron chi connectivity index (χ1n) is 6.96. The van der Waals surface area contributed by atoms with Crippen molar-refractivity contribution in [1.82, 2.24) is 0 Å². The molecule has 0 aromatic heterocycles. The van der Waals surface area contributed by atoms with Crippen LogP contribution in [-0.4, -0.2) is 12.2 Å². The van der Waals surface area contributed by atoms with Crippen molar-refractivity contribution in [2.45, 2.75) is 25.3 Å². The highest BCUT2D eigenvalue weighted by molar-refractivity contribution is 5.51. The number of rotatable bonds is 2. The second kappa shape index (κ2) is 5.16. The fourth-order valence-corrected chi connectivity index (χ4v) is 3.07. The van der Waals surface area contributed by atoms with Crippen LogP contribution < -0.4 is 4.90 Å². The molecule has 3 rings (SSSR count). The van der Waals surface area contributed by atoms with Gasteiger partial charge >= 0.3 is 0 Å². The average molecular weight is 271 g/mol. The highest BCUT2D eigenvalue weighted by Gasteiger charge is 2.25. The van der Waals surface area contributed by atoms with Crippen molar-refractivity contribution < 1.29 is 9.50 Å². The van der Waals surface area contributed by atoms with Gasteiger partial charge in [-0.25, -0.2) is 4.39 Å². The lowest BCUT2D eigenvalue weighted by molar-refractivity contribution is 0.468. The summed E-state index contributed by atoms with van der Waals surface area (Å²) in [6.45, 7) is 0. The van der Waals surface area contributed by atoms with E-state index < -0.39 is 0 Å². The van der Waals surface area contributed by atoms with Crippen LogP contribution in [0.5, 0.6) is 5.75 Å². The molecule has 1 atom stereocenters. The minimum atomic E-state index is -0.206. The summed E-state index contributed by atoms with van der Waals surface area (Å²) >= 11 is 0. The Labute approximate surface area is 118 Å². The smallest absolute Gasteiger partial charge is 0.146 e. The first kappa shape index (κ1) is 13.0. The number of aromatic hydroxyl groups is 1. The van der Waals surface area contributed by atoms with E-state index in [-0.39, 0.29) is 17.6 Å². The Kier molecular flexibility index (Phi) is 3.35. The maximum atomic E-state index is 14.0. The zero-order chi connectivity index (χ0) is 14.1. The van der Waals surface area contributed by atoms with Crippen LogP contribution in [0, 0.1) is 5.82 Å². The van der Waals surface area contributed by atoms with Gasteiger partial charge in [-0.15, -0.1) is 0 Å². The normalized spacial score (nSPS) is 17.6. The second-order valence-corrected chi connectivity index (χ2v) is 5.35. The molecule has 0 radical (unpaired) electrons. The number of phenolic OH excluding ortho intramolecular Hbond substituents is 1. The van der Waals surface area contributed by atoms with Gasteiger partial charge in [-0.3, -0.25) is 0 Å². The molecule has 3 heteroatoms. The van der Waals surface area contributed by atoms with Crippen LogP contribution in [0.25, 0.3) is 0 Å². The molecule has 0 saturated heterocycles. The Morgan fingerprint density at radius 2 is 2.00 bits per heavy atom. The van der Waals surface area contributed by atoms with Gasteiger partial charge < -0.3 is 10.0 Å². The molecule has 20 heavy (non-hydrogen) atoms. The van der Waals surface area contributed by atoms with Gasteiger partial charge in [0.25, 0.3) is 0 Å². The fraction of sp³-hybridized carbons (Fsp3) is 0.294. The minimum absolute atomic E-state index is 0.114. The first-order valence-corrected chi connectivity index (χ1v) is 6.96. The number of fused-ring (bicyclic) bond motifs is 1. The molecule has 1 N–H and O–H groups in total. The van der Waals surface area contributed by atoms with Gasteiger partial charge in [0.1, 0.15) is 11.6 Å². The van der Waals surface area contributed by atoms with Gasteiger partial charge in [0.05, 0.1) is 11.7 Å². The van der Waals surface area contributed by atoms with E-state index >= 15 is 0 Å². The van der Waals surface area contributed by atoms with Crippen molar-refractivity contribution in [3.05, 3.63) is 59.4 Å². The SMILES string of the molecule is CN(c1ccccc1F)C1CCCc2ccc(O)cc21.